The Bertz CT molecular complexity index is 520. The zero-order valence-electron chi connectivity index (χ0n) is 10.3. The first-order chi connectivity index (χ1) is 8.85. The van der Waals surface area contributed by atoms with Crippen LogP contribution < -0.4 is 5.32 Å². The molecule has 5 nitrogen and oxygen atoms in total. The average Bonchev–Trinajstić information content (AvgIpc) is 2.39. The van der Waals surface area contributed by atoms with Crippen molar-refractivity contribution in [3.63, 3.8) is 0 Å². The van der Waals surface area contributed by atoms with E-state index in [1.165, 1.54) is 0 Å². The smallest absolute Gasteiger partial charge is 0.191 e. The fourth-order valence-corrected chi connectivity index (χ4v) is 2.12. The lowest BCUT2D eigenvalue weighted by Crippen LogP contribution is -2.07. The molecule has 2 heterocycles. The van der Waals surface area contributed by atoms with Gasteiger partial charge in [-0.25, -0.2) is 15.0 Å². The molecule has 96 valence electrons. The van der Waals surface area contributed by atoms with Gasteiger partial charge in [-0.1, -0.05) is 18.7 Å². The maximum atomic E-state index is 8.81. The summed E-state index contributed by atoms with van der Waals surface area (Å²) in [5.74, 6) is 1.71. The number of aliphatic hydroxyl groups is 1. The summed E-state index contributed by atoms with van der Waals surface area (Å²) in [6.07, 6.45) is 2.43. The van der Waals surface area contributed by atoms with Crippen LogP contribution in [0.2, 0.25) is 0 Å². The van der Waals surface area contributed by atoms with Gasteiger partial charge in [0, 0.05) is 19.3 Å². The summed E-state index contributed by atoms with van der Waals surface area (Å²) in [6.45, 7) is 2.92. The lowest BCUT2D eigenvalue weighted by atomic mass is 10.3. The Morgan fingerprint density at radius 3 is 3.06 bits per heavy atom. The van der Waals surface area contributed by atoms with E-state index in [-0.39, 0.29) is 6.61 Å². The van der Waals surface area contributed by atoms with Crippen LogP contribution in [0, 0.1) is 0 Å². The van der Waals surface area contributed by atoms with E-state index < -0.39 is 0 Å². The van der Waals surface area contributed by atoms with Crippen LogP contribution in [0.25, 0.3) is 11.0 Å². The van der Waals surface area contributed by atoms with Crippen LogP contribution in [-0.2, 0) is 0 Å². The first-order valence-electron chi connectivity index (χ1n) is 5.95. The third-order valence-electron chi connectivity index (χ3n) is 2.35. The zero-order chi connectivity index (χ0) is 12.8. The number of hydrogen-bond acceptors (Lipinski definition) is 6. The summed E-state index contributed by atoms with van der Waals surface area (Å²) in [5.41, 5.74) is 0.704. The van der Waals surface area contributed by atoms with E-state index >= 15 is 0 Å². The van der Waals surface area contributed by atoms with Gasteiger partial charge in [0.15, 0.2) is 10.8 Å². The maximum Gasteiger partial charge on any atom is 0.191 e. The molecule has 0 spiro atoms. The minimum absolute atomic E-state index is 0.171. The van der Waals surface area contributed by atoms with Crippen molar-refractivity contribution in [3.8, 4) is 0 Å². The van der Waals surface area contributed by atoms with Crippen molar-refractivity contribution in [3.05, 3.63) is 18.3 Å². The third kappa shape index (κ3) is 3.08. The molecule has 0 saturated heterocycles. The van der Waals surface area contributed by atoms with E-state index in [9.17, 15) is 0 Å². The van der Waals surface area contributed by atoms with Crippen molar-refractivity contribution < 1.29 is 5.11 Å². The van der Waals surface area contributed by atoms with Gasteiger partial charge in [-0.2, -0.15) is 0 Å². The van der Waals surface area contributed by atoms with Gasteiger partial charge < -0.3 is 10.4 Å². The van der Waals surface area contributed by atoms with E-state index in [4.69, 9.17) is 5.11 Å². The summed E-state index contributed by atoms with van der Waals surface area (Å²) in [4.78, 5) is 13.1. The number of thioether (sulfide) groups is 1. The molecular weight excluding hydrogens is 248 g/mol. The van der Waals surface area contributed by atoms with Crippen molar-refractivity contribution in [1.29, 1.82) is 0 Å². The van der Waals surface area contributed by atoms with Gasteiger partial charge in [0.25, 0.3) is 0 Å². The monoisotopic (exact) mass is 264 g/mol. The highest BCUT2D eigenvalue weighted by atomic mass is 32.2. The molecule has 18 heavy (non-hydrogen) atoms. The second-order valence-electron chi connectivity index (χ2n) is 3.67. The fraction of sp³-hybridized carbons (Fsp3) is 0.417. The van der Waals surface area contributed by atoms with Gasteiger partial charge in [-0.3, -0.25) is 0 Å². The van der Waals surface area contributed by atoms with Crippen LogP contribution in [0.4, 0.5) is 5.82 Å². The van der Waals surface area contributed by atoms with Crippen molar-refractivity contribution in [2.45, 2.75) is 18.5 Å². The van der Waals surface area contributed by atoms with Gasteiger partial charge >= 0.3 is 0 Å². The van der Waals surface area contributed by atoms with E-state index in [1.54, 1.807) is 18.0 Å². The minimum atomic E-state index is 0.171. The summed E-state index contributed by atoms with van der Waals surface area (Å²) >= 11 is 1.59. The van der Waals surface area contributed by atoms with Crippen LogP contribution >= 0.6 is 11.8 Å². The molecule has 0 aliphatic rings. The van der Waals surface area contributed by atoms with E-state index in [0.717, 1.165) is 22.1 Å². The van der Waals surface area contributed by atoms with Crippen LogP contribution in [-0.4, -0.2) is 39.0 Å². The molecule has 0 aliphatic heterocycles. The number of pyridine rings is 1. The minimum Gasteiger partial charge on any atom is -0.396 e. The Hall–Kier alpha value is -1.40. The standard InChI is InChI=1S/C12H16N4OS/c1-2-18-12-15-10-9(5-3-6-13-10)11(16-12)14-7-4-8-17/h3,5-6,17H,2,4,7-8H2,1H3,(H,13,14,15,16). The molecule has 2 aromatic heterocycles. The van der Waals surface area contributed by atoms with Gasteiger partial charge in [0.05, 0.1) is 5.39 Å². The Kier molecular flexibility index (Phi) is 4.72. The number of fused-ring (bicyclic) bond motifs is 1. The summed E-state index contributed by atoms with van der Waals surface area (Å²) < 4.78 is 0. The summed E-state index contributed by atoms with van der Waals surface area (Å²) in [5, 5.41) is 13.7. The number of anilines is 1. The molecular formula is C12H16N4OS. The number of aromatic nitrogens is 3. The number of aliphatic hydroxyl groups excluding tert-OH is 1. The number of nitrogens with one attached hydrogen (secondary N) is 1. The largest absolute Gasteiger partial charge is 0.396 e. The molecule has 0 amide bonds. The highest BCUT2D eigenvalue weighted by Gasteiger charge is 2.07. The Balaban J connectivity index is 2.34. The Labute approximate surface area is 110 Å². The van der Waals surface area contributed by atoms with Gasteiger partial charge in [-0.15, -0.1) is 0 Å². The molecule has 0 atom stereocenters. The number of nitrogens with zero attached hydrogens (tertiary/aromatic N) is 3. The maximum absolute atomic E-state index is 8.81. The predicted octanol–water partition coefficient (Wildman–Crippen LogP) is 1.93. The molecule has 2 N–H and O–H groups in total. The normalized spacial score (nSPS) is 10.8. The average molecular weight is 264 g/mol. The first kappa shape index (κ1) is 13.0. The lowest BCUT2D eigenvalue weighted by Gasteiger charge is -2.09. The second-order valence-corrected chi connectivity index (χ2v) is 4.90. The van der Waals surface area contributed by atoms with E-state index in [1.807, 2.05) is 12.1 Å². The number of rotatable bonds is 6. The van der Waals surface area contributed by atoms with Gasteiger partial charge in [0.1, 0.15) is 5.82 Å². The molecule has 2 rings (SSSR count). The van der Waals surface area contributed by atoms with E-state index in [0.29, 0.717) is 18.6 Å². The van der Waals surface area contributed by atoms with Crippen molar-refractivity contribution in [2.75, 3.05) is 24.2 Å². The molecule has 6 heteroatoms. The third-order valence-corrected chi connectivity index (χ3v) is 3.08. The summed E-state index contributed by atoms with van der Waals surface area (Å²) in [6, 6.07) is 3.82. The Morgan fingerprint density at radius 1 is 1.39 bits per heavy atom. The van der Waals surface area contributed by atoms with Gasteiger partial charge in [-0.05, 0) is 24.3 Å². The molecule has 0 bridgehead atoms. The summed E-state index contributed by atoms with van der Waals surface area (Å²) in [7, 11) is 0. The topological polar surface area (TPSA) is 70.9 Å². The van der Waals surface area contributed by atoms with Crippen LogP contribution in [0.15, 0.2) is 23.5 Å². The molecule has 0 saturated carbocycles. The SMILES string of the molecule is CCSc1nc(NCCCO)c2cccnc2n1. The predicted molar refractivity (Wildman–Crippen MR) is 73.9 cm³/mol. The first-order valence-corrected chi connectivity index (χ1v) is 6.94. The highest BCUT2D eigenvalue weighted by Crippen LogP contribution is 2.22. The molecule has 0 fully saturated rings. The fourth-order valence-electron chi connectivity index (χ4n) is 1.56. The molecule has 0 aliphatic carbocycles. The van der Waals surface area contributed by atoms with Crippen LogP contribution in [0.1, 0.15) is 13.3 Å². The van der Waals surface area contributed by atoms with Crippen molar-refractivity contribution >= 4 is 28.6 Å². The zero-order valence-corrected chi connectivity index (χ0v) is 11.1. The number of hydrogen-bond donors (Lipinski definition) is 2. The second kappa shape index (κ2) is 6.51. The van der Waals surface area contributed by atoms with Crippen molar-refractivity contribution in [1.82, 2.24) is 15.0 Å². The van der Waals surface area contributed by atoms with E-state index in [2.05, 4.69) is 27.2 Å². The quantitative estimate of drug-likeness (QED) is 0.472. The molecule has 0 aromatic carbocycles. The van der Waals surface area contributed by atoms with Crippen LogP contribution in [0.3, 0.4) is 0 Å². The lowest BCUT2D eigenvalue weighted by molar-refractivity contribution is 0.292. The molecule has 0 unspecified atom stereocenters. The highest BCUT2D eigenvalue weighted by molar-refractivity contribution is 7.99. The van der Waals surface area contributed by atoms with Crippen LogP contribution in [0.5, 0.6) is 0 Å². The molecule has 2 aromatic rings. The molecule has 0 radical (unpaired) electrons. The Morgan fingerprint density at radius 2 is 2.28 bits per heavy atom. The van der Waals surface area contributed by atoms with Crippen molar-refractivity contribution in [2.24, 2.45) is 0 Å². The van der Waals surface area contributed by atoms with Gasteiger partial charge in [0.2, 0.25) is 0 Å².